The molecule has 208 valence electrons. The SMILES string of the molecule is CC1(C)c2cc(C#N)ccc2N(c2ccc(-c3nc(-c4ccccc4)nc(-c4ccccc4)n3)cc2)c2ccc(C#N)cc21. The predicted octanol–water partition coefficient (Wildman–Crippen LogP) is 8.73. The quantitative estimate of drug-likeness (QED) is 0.212. The van der Waals surface area contributed by atoms with E-state index in [2.05, 4.69) is 43.0 Å². The van der Waals surface area contributed by atoms with Gasteiger partial charge in [0.1, 0.15) is 0 Å². The smallest absolute Gasteiger partial charge is 0.164 e. The molecule has 0 radical (unpaired) electrons. The van der Waals surface area contributed by atoms with Crippen molar-refractivity contribution in [3.8, 4) is 46.3 Å². The van der Waals surface area contributed by atoms with E-state index < -0.39 is 5.41 Å². The Morgan fingerprint density at radius 1 is 0.523 bits per heavy atom. The van der Waals surface area contributed by atoms with E-state index in [0.717, 1.165) is 44.9 Å². The van der Waals surface area contributed by atoms with Crippen molar-refractivity contribution in [3.05, 3.63) is 144 Å². The van der Waals surface area contributed by atoms with Crippen LogP contribution in [0.2, 0.25) is 0 Å². The largest absolute Gasteiger partial charge is 0.310 e. The van der Waals surface area contributed by atoms with E-state index in [4.69, 9.17) is 15.0 Å². The molecule has 2 heterocycles. The lowest BCUT2D eigenvalue weighted by atomic mass is 9.72. The van der Waals surface area contributed by atoms with Gasteiger partial charge in [0.05, 0.1) is 34.6 Å². The molecule has 0 unspecified atom stereocenters. The van der Waals surface area contributed by atoms with Gasteiger partial charge in [0.15, 0.2) is 17.5 Å². The second kappa shape index (κ2) is 10.6. The van der Waals surface area contributed by atoms with Crippen LogP contribution in [0.5, 0.6) is 0 Å². The third-order valence-electron chi connectivity index (χ3n) is 8.16. The molecule has 0 spiro atoms. The molecule has 1 aliphatic rings. The molecular weight excluding hydrogens is 540 g/mol. The number of hydrogen-bond acceptors (Lipinski definition) is 6. The molecule has 0 atom stereocenters. The van der Waals surface area contributed by atoms with Crippen LogP contribution >= 0.6 is 0 Å². The van der Waals surface area contributed by atoms with Crippen LogP contribution in [0.4, 0.5) is 17.1 Å². The molecule has 44 heavy (non-hydrogen) atoms. The maximum Gasteiger partial charge on any atom is 0.164 e. The van der Waals surface area contributed by atoms with Gasteiger partial charge >= 0.3 is 0 Å². The lowest BCUT2D eigenvalue weighted by Crippen LogP contribution is -2.30. The fraction of sp³-hybridized carbons (Fsp3) is 0.0789. The first-order chi connectivity index (χ1) is 21.5. The molecule has 0 bridgehead atoms. The Morgan fingerprint density at radius 3 is 1.34 bits per heavy atom. The van der Waals surface area contributed by atoms with Gasteiger partial charge in [0, 0.05) is 27.8 Å². The van der Waals surface area contributed by atoms with Gasteiger partial charge in [0.2, 0.25) is 0 Å². The number of aromatic nitrogens is 3. The number of rotatable bonds is 4. The molecule has 5 aromatic carbocycles. The molecule has 1 aromatic heterocycles. The minimum Gasteiger partial charge on any atom is -0.310 e. The van der Waals surface area contributed by atoms with Gasteiger partial charge in [-0.1, -0.05) is 74.5 Å². The summed E-state index contributed by atoms with van der Waals surface area (Å²) in [7, 11) is 0. The monoisotopic (exact) mass is 566 g/mol. The summed E-state index contributed by atoms with van der Waals surface area (Å²) in [5.74, 6) is 1.81. The van der Waals surface area contributed by atoms with Crippen LogP contribution in [0.25, 0.3) is 34.2 Å². The van der Waals surface area contributed by atoms with E-state index in [-0.39, 0.29) is 0 Å². The highest BCUT2D eigenvalue weighted by Gasteiger charge is 2.37. The molecule has 0 N–H and O–H groups in total. The minimum atomic E-state index is -0.409. The third-order valence-corrected chi connectivity index (χ3v) is 8.16. The minimum absolute atomic E-state index is 0.409. The number of fused-ring (bicyclic) bond motifs is 2. The lowest BCUT2D eigenvalue weighted by molar-refractivity contribution is 0.631. The molecule has 0 saturated carbocycles. The summed E-state index contributed by atoms with van der Waals surface area (Å²) in [6.07, 6.45) is 0. The van der Waals surface area contributed by atoms with Gasteiger partial charge in [-0.3, -0.25) is 0 Å². The van der Waals surface area contributed by atoms with Crippen molar-refractivity contribution in [3.63, 3.8) is 0 Å². The third kappa shape index (κ3) is 4.56. The van der Waals surface area contributed by atoms with Gasteiger partial charge in [-0.2, -0.15) is 10.5 Å². The Bertz CT molecular complexity index is 1980. The number of nitrogens with zero attached hydrogens (tertiary/aromatic N) is 6. The summed E-state index contributed by atoms with van der Waals surface area (Å²) in [4.78, 5) is 16.7. The molecule has 6 nitrogen and oxygen atoms in total. The van der Waals surface area contributed by atoms with E-state index >= 15 is 0 Å². The van der Waals surface area contributed by atoms with Crippen molar-refractivity contribution in [2.24, 2.45) is 0 Å². The molecule has 0 aliphatic carbocycles. The Hall–Kier alpha value is -6.11. The van der Waals surface area contributed by atoms with Crippen LogP contribution in [-0.2, 0) is 5.41 Å². The first-order valence-corrected chi connectivity index (χ1v) is 14.3. The van der Waals surface area contributed by atoms with Crippen molar-refractivity contribution in [2.75, 3.05) is 4.90 Å². The lowest BCUT2D eigenvalue weighted by Gasteiger charge is -2.42. The average Bonchev–Trinajstić information content (AvgIpc) is 3.09. The molecule has 1 aliphatic heterocycles. The normalized spacial score (nSPS) is 12.9. The predicted molar refractivity (Wildman–Crippen MR) is 172 cm³/mol. The Labute approximate surface area is 256 Å². The first kappa shape index (κ1) is 26.8. The number of anilines is 3. The summed E-state index contributed by atoms with van der Waals surface area (Å²) in [6.45, 7) is 4.28. The fourth-order valence-electron chi connectivity index (χ4n) is 5.85. The van der Waals surface area contributed by atoms with Crippen molar-refractivity contribution < 1.29 is 0 Å². The highest BCUT2D eigenvalue weighted by atomic mass is 15.2. The molecular formula is C38H26N6. The molecule has 6 heteroatoms. The summed E-state index contributed by atoms with van der Waals surface area (Å²) < 4.78 is 0. The van der Waals surface area contributed by atoms with Gasteiger partial charge < -0.3 is 4.90 Å². The van der Waals surface area contributed by atoms with E-state index in [1.807, 2.05) is 109 Å². The average molecular weight is 567 g/mol. The second-order valence-electron chi connectivity index (χ2n) is 11.2. The van der Waals surface area contributed by atoms with Crippen LogP contribution in [-0.4, -0.2) is 15.0 Å². The number of benzene rings is 5. The fourth-order valence-corrected chi connectivity index (χ4v) is 5.85. The van der Waals surface area contributed by atoms with Crippen molar-refractivity contribution >= 4 is 17.1 Å². The first-order valence-electron chi connectivity index (χ1n) is 14.3. The van der Waals surface area contributed by atoms with Gasteiger partial charge in [-0.15, -0.1) is 0 Å². The van der Waals surface area contributed by atoms with Gasteiger partial charge in [0.25, 0.3) is 0 Å². The Kier molecular flexibility index (Phi) is 6.46. The maximum absolute atomic E-state index is 9.67. The van der Waals surface area contributed by atoms with Crippen molar-refractivity contribution in [1.82, 2.24) is 15.0 Å². The van der Waals surface area contributed by atoms with Crippen LogP contribution in [0.15, 0.2) is 121 Å². The molecule has 0 fully saturated rings. The van der Waals surface area contributed by atoms with E-state index in [1.165, 1.54) is 0 Å². The zero-order valence-electron chi connectivity index (χ0n) is 24.2. The molecule has 0 saturated heterocycles. The number of hydrogen-bond donors (Lipinski definition) is 0. The zero-order valence-corrected chi connectivity index (χ0v) is 24.2. The Morgan fingerprint density at radius 2 is 0.932 bits per heavy atom. The standard InChI is InChI=1S/C38H26N6/c1-38(2)31-21-25(23-39)13-19-33(31)44(34-20-14-26(24-40)22-32(34)38)30-17-15-29(16-18-30)37-42-35(27-9-5-3-6-10-27)41-36(43-37)28-11-7-4-8-12-28/h3-22H,1-2H3. The molecule has 0 amide bonds. The van der Waals surface area contributed by atoms with Crippen LogP contribution < -0.4 is 4.90 Å². The summed E-state index contributed by atoms with van der Waals surface area (Å²) in [6, 6.07) is 44.2. The van der Waals surface area contributed by atoms with Crippen LogP contribution in [0.1, 0.15) is 36.1 Å². The Balaban J connectivity index is 1.36. The van der Waals surface area contributed by atoms with E-state index in [1.54, 1.807) is 0 Å². The van der Waals surface area contributed by atoms with Gasteiger partial charge in [-0.05, 0) is 71.8 Å². The van der Waals surface area contributed by atoms with Crippen LogP contribution in [0, 0.1) is 22.7 Å². The van der Waals surface area contributed by atoms with Crippen molar-refractivity contribution in [2.45, 2.75) is 19.3 Å². The van der Waals surface area contributed by atoms with Crippen molar-refractivity contribution in [1.29, 1.82) is 10.5 Å². The van der Waals surface area contributed by atoms with E-state index in [9.17, 15) is 10.5 Å². The maximum atomic E-state index is 9.67. The highest BCUT2D eigenvalue weighted by Crippen LogP contribution is 2.52. The molecule has 6 aromatic rings. The van der Waals surface area contributed by atoms with Crippen LogP contribution in [0.3, 0.4) is 0 Å². The summed E-state index contributed by atoms with van der Waals surface area (Å²) in [5, 5.41) is 19.3. The number of nitriles is 2. The highest BCUT2D eigenvalue weighted by molar-refractivity contribution is 5.87. The second-order valence-corrected chi connectivity index (χ2v) is 11.2. The topological polar surface area (TPSA) is 89.5 Å². The van der Waals surface area contributed by atoms with E-state index in [0.29, 0.717) is 28.6 Å². The van der Waals surface area contributed by atoms with Gasteiger partial charge in [-0.25, -0.2) is 15.0 Å². The zero-order chi connectivity index (χ0) is 30.3. The summed E-state index contributed by atoms with van der Waals surface area (Å²) in [5.41, 5.74) is 8.49. The molecule has 7 rings (SSSR count). The summed E-state index contributed by atoms with van der Waals surface area (Å²) >= 11 is 0.